The number of nitrogens with one attached hydrogen (secondary N) is 2. The number of Topliss-reactive ketones (excluding diaryl/α,β-unsaturated/α-hetero) is 1. The number of carbonyl (C=O) groups excluding carboxylic acids is 3. The van der Waals surface area contributed by atoms with Crippen molar-refractivity contribution in [3.05, 3.63) is 33.5 Å². The minimum absolute atomic E-state index is 0.00584. The van der Waals surface area contributed by atoms with Gasteiger partial charge >= 0.3 is 12.1 Å². The minimum Gasteiger partial charge on any atom is -0.464 e. The quantitative estimate of drug-likeness (QED) is 0.365. The molecule has 1 aliphatic heterocycles. The van der Waals surface area contributed by atoms with Gasteiger partial charge in [-0.1, -0.05) is 15.9 Å². The molecule has 11 heteroatoms. The Labute approximate surface area is 206 Å². The number of nitrogens with zero attached hydrogens (tertiary/aromatic N) is 1. The molecule has 8 nitrogen and oxygen atoms in total. The summed E-state index contributed by atoms with van der Waals surface area (Å²) in [6.45, 7) is 8.54. The number of hydrogen-bond donors (Lipinski definition) is 2. The molecular weight excluding hydrogens is 516 g/mol. The zero-order valence-electron chi connectivity index (χ0n) is 19.8. The predicted molar refractivity (Wildman–Crippen MR) is 126 cm³/mol. The number of halogens is 3. The molecule has 1 fully saturated rings. The topological polar surface area (TPSA) is 109 Å². The molecule has 1 saturated heterocycles. The largest absolute Gasteiger partial charge is 0.464 e. The fraction of sp³-hybridized carbons (Fsp3) is 0.565. The lowest BCUT2D eigenvalue weighted by Crippen LogP contribution is -2.52. The smallest absolute Gasteiger partial charge is 0.410 e. The van der Waals surface area contributed by atoms with Gasteiger partial charge in [0.25, 0.3) is 6.43 Å². The number of alkyl halides is 2. The van der Waals surface area contributed by atoms with Gasteiger partial charge in [-0.2, -0.15) is 0 Å². The first-order chi connectivity index (χ1) is 15.8. The van der Waals surface area contributed by atoms with Crippen LogP contribution in [0.25, 0.3) is 0 Å². The highest BCUT2D eigenvalue weighted by Crippen LogP contribution is 2.32. The molecule has 1 aliphatic carbocycles. The van der Waals surface area contributed by atoms with Gasteiger partial charge in [-0.25, -0.2) is 18.4 Å². The number of ketones is 1. The third-order valence-electron chi connectivity index (χ3n) is 5.24. The lowest BCUT2D eigenvalue weighted by atomic mass is 9.92. The van der Waals surface area contributed by atoms with Crippen LogP contribution in [0.1, 0.15) is 47.5 Å². The number of allylic oxidation sites excluding steroid dienone is 5. The molecule has 2 aliphatic rings. The number of esters is 1. The summed E-state index contributed by atoms with van der Waals surface area (Å²) in [6.07, 6.45) is -0.439. The first-order valence-electron chi connectivity index (χ1n) is 10.9. The van der Waals surface area contributed by atoms with E-state index in [2.05, 4.69) is 21.2 Å². The van der Waals surface area contributed by atoms with Gasteiger partial charge in [0, 0.05) is 28.4 Å². The van der Waals surface area contributed by atoms with Crippen LogP contribution in [-0.4, -0.2) is 65.7 Å². The standard InChI is InChI=1S/C23H30BrF2N3O5/c1-6-33-21(31)18(19(30)16-8-7-9-29(16)22(32)34-23(3,4)5)28-11-14-13(20(25)26)10-15(24)12(2)17(14)27/h10-11,16,18,20,27-28H,6-9H2,1-5H3/b14-11-,27-17?. The third kappa shape index (κ3) is 6.52. The molecule has 2 unspecified atom stereocenters. The monoisotopic (exact) mass is 545 g/mol. The molecule has 0 aromatic rings. The number of hydrogen-bond acceptors (Lipinski definition) is 7. The molecule has 34 heavy (non-hydrogen) atoms. The van der Waals surface area contributed by atoms with Crippen LogP contribution in [-0.2, 0) is 19.1 Å². The van der Waals surface area contributed by atoms with Gasteiger partial charge in [0.05, 0.1) is 18.4 Å². The van der Waals surface area contributed by atoms with Gasteiger partial charge in [-0.05, 0) is 59.1 Å². The molecule has 0 aromatic carbocycles. The Kier molecular flexibility index (Phi) is 9.15. The van der Waals surface area contributed by atoms with Crippen molar-refractivity contribution in [2.75, 3.05) is 13.2 Å². The average Bonchev–Trinajstić information content (AvgIpc) is 3.22. The fourth-order valence-corrected chi connectivity index (χ4v) is 4.02. The van der Waals surface area contributed by atoms with Crippen LogP contribution in [0.3, 0.4) is 0 Å². The van der Waals surface area contributed by atoms with Gasteiger partial charge in [-0.3, -0.25) is 15.1 Å². The van der Waals surface area contributed by atoms with Gasteiger partial charge in [0.15, 0.2) is 11.8 Å². The molecule has 188 valence electrons. The van der Waals surface area contributed by atoms with Crippen molar-refractivity contribution in [1.29, 1.82) is 5.41 Å². The molecule has 0 bridgehead atoms. The maximum Gasteiger partial charge on any atom is 0.410 e. The van der Waals surface area contributed by atoms with Crippen LogP contribution in [0.4, 0.5) is 13.6 Å². The van der Waals surface area contributed by atoms with E-state index in [1.165, 1.54) is 11.0 Å². The van der Waals surface area contributed by atoms with Crippen LogP contribution >= 0.6 is 15.9 Å². The van der Waals surface area contributed by atoms with Crippen molar-refractivity contribution in [3.63, 3.8) is 0 Å². The highest BCUT2D eigenvalue weighted by atomic mass is 79.9. The summed E-state index contributed by atoms with van der Waals surface area (Å²) in [5, 5.41) is 10.8. The number of likely N-dealkylation sites (tertiary alicyclic amines) is 1. The van der Waals surface area contributed by atoms with Crippen molar-refractivity contribution in [2.45, 2.75) is 71.6 Å². The molecule has 2 rings (SSSR count). The number of carbonyl (C=O) groups is 3. The van der Waals surface area contributed by atoms with Gasteiger partial charge in [0.1, 0.15) is 5.60 Å². The fourth-order valence-electron chi connectivity index (χ4n) is 3.58. The minimum atomic E-state index is -2.89. The molecule has 0 spiro atoms. The van der Waals surface area contributed by atoms with E-state index in [1.807, 2.05) is 0 Å². The summed E-state index contributed by atoms with van der Waals surface area (Å²) in [6, 6.07) is -2.50. The zero-order valence-corrected chi connectivity index (χ0v) is 21.4. The molecule has 2 N–H and O–H groups in total. The Morgan fingerprint density at radius 1 is 1.35 bits per heavy atom. The van der Waals surface area contributed by atoms with Gasteiger partial charge in [-0.15, -0.1) is 0 Å². The zero-order chi connectivity index (χ0) is 25.8. The summed E-state index contributed by atoms with van der Waals surface area (Å²) < 4.78 is 38.0. The van der Waals surface area contributed by atoms with Gasteiger partial charge in [0.2, 0.25) is 0 Å². The second-order valence-corrected chi connectivity index (χ2v) is 9.75. The van der Waals surface area contributed by atoms with Crippen LogP contribution in [0, 0.1) is 5.41 Å². The Balaban J connectivity index is 2.35. The van der Waals surface area contributed by atoms with Crippen molar-refractivity contribution < 1.29 is 32.6 Å². The second-order valence-electron chi connectivity index (χ2n) is 8.89. The maximum absolute atomic E-state index is 13.6. The Morgan fingerprint density at radius 2 is 2.00 bits per heavy atom. The van der Waals surface area contributed by atoms with E-state index in [0.29, 0.717) is 22.9 Å². The first kappa shape index (κ1) is 27.7. The number of ether oxygens (including phenoxy) is 2. The van der Waals surface area contributed by atoms with E-state index in [9.17, 15) is 23.2 Å². The molecule has 0 aromatic heterocycles. The lowest BCUT2D eigenvalue weighted by molar-refractivity contribution is -0.149. The number of amides is 1. The molecule has 1 heterocycles. The highest BCUT2D eigenvalue weighted by Gasteiger charge is 2.42. The average molecular weight is 546 g/mol. The number of rotatable bonds is 7. The van der Waals surface area contributed by atoms with E-state index >= 15 is 0 Å². The van der Waals surface area contributed by atoms with E-state index in [-0.39, 0.29) is 24.4 Å². The Bertz CT molecular complexity index is 953. The van der Waals surface area contributed by atoms with Crippen LogP contribution in [0.2, 0.25) is 0 Å². The summed E-state index contributed by atoms with van der Waals surface area (Å²) in [5.74, 6) is -1.55. The van der Waals surface area contributed by atoms with Crippen molar-refractivity contribution in [1.82, 2.24) is 10.2 Å². The molecule has 2 atom stereocenters. The third-order valence-corrected chi connectivity index (χ3v) is 6.06. The second kappa shape index (κ2) is 11.2. The van der Waals surface area contributed by atoms with Crippen molar-refractivity contribution >= 4 is 39.5 Å². The lowest BCUT2D eigenvalue weighted by Gasteiger charge is -2.29. The van der Waals surface area contributed by atoms with Gasteiger partial charge < -0.3 is 14.8 Å². The molecule has 0 saturated carbocycles. The summed E-state index contributed by atoms with van der Waals surface area (Å²) in [5.41, 5.74) is -1.10. The summed E-state index contributed by atoms with van der Waals surface area (Å²) in [7, 11) is 0. The van der Waals surface area contributed by atoms with Crippen molar-refractivity contribution in [3.8, 4) is 0 Å². The SMILES string of the molecule is CCOC(=O)C(N/C=C1\C(=N)C(C)=C(Br)C=C1C(F)F)C(=O)C1CCCN1C(=O)OC(C)(C)C. The van der Waals surface area contributed by atoms with Crippen LogP contribution < -0.4 is 5.32 Å². The molecule has 1 amide bonds. The van der Waals surface area contributed by atoms with Crippen LogP contribution in [0.15, 0.2) is 33.5 Å². The van der Waals surface area contributed by atoms with E-state index in [0.717, 1.165) is 6.20 Å². The first-order valence-corrected chi connectivity index (χ1v) is 11.7. The van der Waals surface area contributed by atoms with E-state index in [4.69, 9.17) is 14.9 Å². The Hall–Kier alpha value is -2.56. The van der Waals surface area contributed by atoms with E-state index < -0.39 is 47.5 Å². The summed E-state index contributed by atoms with van der Waals surface area (Å²) >= 11 is 3.17. The molecular formula is C23H30BrF2N3O5. The van der Waals surface area contributed by atoms with E-state index in [1.54, 1.807) is 34.6 Å². The predicted octanol–water partition coefficient (Wildman–Crippen LogP) is 4.25. The van der Waals surface area contributed by atoms with Crippen LogP contribution in [0.5, 0.6) is 0 Å². The summed E-state index contributed by atoms with van der Waals surface area (Å²) in [4.78, 5) is 39.9. The normalized spacial score (nSPS) is 21.0. The molecule has 0 radical (unpaired) electrons. The highest BCUT2D eigenvalue weighted by molar-refractivity contribution is 9.12. The Morgan fingerprint density at radius 3 is 2.56 bits per heavy atom. The van der Waals surface area contributed by atoms with Crippen molar-refractivity contribution in [2.24, 2.45) is 0 Å². The maximum atomic E-state index is 13.6.